The minimum absolute atomic E-state index is 0.0776. The summed E-state index contributed by atoms with van der Waals surface area (Å²) in [6.45, 7) is 3.45. The van der Waals surface area contributed by atoms with Gasteiger partial charge in [-0.3, -0.25) is 14.6 Å². The zero-order valence-corrected chi connectivity index (χ0v) is 16.6. The number of aromatic nitrogens is 1. The van der Waals surface area contributed by atoms with Crippen molar-refractivity contribution in [1.82, 2.24) is 20.5 Å². The molecule has 3 atom stereocenters. The van der Waals surface area contributed by atoms with Gasteiger partial charge >= 0.3 is 0 Å². The Hall–Kier alpha value is -2.29. The van der Waals surface area contributed by atoms with Crippen LogP contribution in [0.25, 0.3) is 0 Å². The number of carbonyl (C=O) groups excluding carboxylic acids is 2. The molecule has 0 saturated carbocycles. The van der Waals surface area contributed by atoms with Crippen LogP contribution in [-0.4, -0.2) is 77.8 Å². The normalized spacial score (nSPS) is 24.8. The molecule has 0 radical (unpaired) electrons. The van der Waals surface area contributed by atoms with Gasteiger partial charge in [-0.25, -0.2) is 0 Å². The maximum atomic E-state index is 12.3. The van der Waals surface area contributed by atoms with E-state index in [1.165, 1.54) is 25.5 Å². The number of hydrogen-bond donors (Lipinski definition) is 3. The third-order valence-corrected chi connectivity index (χ3v) is 5.27. The number of hydrogen-bond acceptors (Lipinski definition) is 6. The van der Waals surface area contributed by atoms with Gasteiger partial charge in [-0.15, -0.1) is 0 Å². The fourth-order valence-corrected chi connectivity index (χ4v) is 3.66. The quantitative estimate of drug-likeness (QED) is 0.547. The van der Waals surface area contributed by atoms with Crippen LogP contribution in [0, 0.1) is 0 Å². The van der Waals surface area contributed by atoms with Crippen molar-refractivity contribution in [3.05, 3.63) is 42.2 Å². The van der Waals surface area contributed by atoms with Crippen LogP contribution >= 0.6 is 0 Å². The second-order valence-corrected chi connectivity index (χ2v) is 7.48. The van der Waals surface area contributed by atoms with E-state index in [1.807, 2.05) is 0 Å². The third-order valence-electron chi connectivity index (χ3n) is 5.27. The van der Waals surface area contributed by atoms with E-state index < -0.39 is 18.2 Å². The van der Waals surface area contributed by atoms with E-state index in [1.54, 1.807) is 30.5 Å². The molecule has 0 aromatic carbocycles. The monoisotopic (exact) mass is 402 g/mol. The molecule has 158 valence electrons. The zero-order valence-electron chi connectivity index (χ0n) is 16.6. The van der Waals surface area contributed by atoms with Crippen LogP contribution in [0.3, 0.4) is 0 Å². The largest absolute Gasteiger partial charge is 0.394 e. The van der Waals surface area contributed by atoms with Crippen molar-refractivity contribution in [2.75, 3.05) is 32.8 Å². The topological polar surface area (TPSA) is 104 Å². The summed E-state index contributed by atoms with van der Waals surface area (Å²) in [6, 6.07) is 2.89. The second kappa shape index (κ2) is 11.0. The third kappa shape index (κ3) is 6.62. The van der Waals surface area contributed by atoms with Gasteiger partial charge in [-0.05, 0) is 38.1 Å². The van der Waals surface area contributed by atoms with Gasteiger partial charge in [0, 0.05) is 25.5 Å². The molecule has 2 aliphatic heterocycles. The minimum atomic E-state index is -0.605. The molecule has 3 rings (SSSR count). The van der Waals surface area contributed by atoms with Crippen molar-refractivity contribution in [3.63, 3.8) is 0 Å². The first-order valence-electron chi connectivity index (χ1n) is 10.3. The van der Waals surface area contributed by atoms with E-state index in [9.17, 15) is 14.7 Å². The number of nitrogens with one attached hydrogen (secondary N) is 2. The van der Waals surface area contributed by atoms with Gasteiger partial charge in [0.1, 0.15) is 6.10 Å². The molecule has 3 N–H and O–H groups in total. The van der Waals surface area contributed by atoms with Crippen LogP contribution in [0.15, 0.2) is 36.7 Å². The Labute approximate surface area is 171 Å². The Morgan fingerprint density at radius 3 is 2.79 bits per heavy atom. The highest BCUT2D eigenvalue weighted by Crippen LogP contribution is 2.16. The highest BCUT2D eigenvalue weighted by Gasteiger charge is 2.29. The number of aliphatic hydroxyl groups is 1. The molecule has 2 amide bonds. The van der Waals surface area contributed by atoms with Crippen LogP contribution < -0.4 is 10.6 Å². The number of ether oxygens (including phenoxy) is 1. The van der Waals surface area contributed by atoms with Crippen molar-refractivity contribution in [1.29, 1.82) is 0 Å². The predicted octanol–water partition coefficient (Wildman–Crippen LogP) is 0.488. The summed E-state index contributed by atoms with van der Waals surface area (Å²) in [6.07, 6.45) is 9.55. The van der Waals surface area contributed by atoms with Crippen molar-refractivity contribution >= 4 is 11.8 Å². The van der Waals surface area contributed by atoms with Crippen LogP contribution in [-0.2, 0) is 9.53 Å². The Bertz CT molecular complexity index is 691. The van der Waals surface area contributed by atoms with Crippen molar-refractivity contribution in [2.24, 2.45) is 0 Å². The van der Waals surface area contributed by atoms with Crippen LogP contribution in [0.1, 0.15) is 36.0 Å². The van der Waals surface area contributed by atoms with Crippen molar-refractivity contribution < 1.29 is 19.4 Å². The highest BCUT2D eigenvalue weighted by atomic mass is 16.5. The van der Waals surface area contributed by atoms with E-state index in [0.29, 0.717) is 12.1 Å². The first-order valence-corrected chi connectivity index (χ1v) is 10.3. The molecule has 2 aliphatic rings. The maximum absolute atomic E-state index is 12.3. The summed E-state index contributed by atoms with van der Waals surface area (Å²) in [5.41, 5.74) is 0.438. The molecule has 1 saturated heterocycles. The lowest BCUT2D eigenvalue weighted by molar-refractivity contribution is -0.125. The SMILES string of the molecule is O=C(C[C@H]1C=C[C@@H](NC(=O)c2cccnc2)[C@H](CO)O1)NCCN1CCCCC1. The molecule has 1 fully saturated rings. The first kappa shape index (κ1) is 21.4. The van der Waals surface area contributed by atoms with Gasteiger partial charge in [-0.1, -0.05) is 18.6 Å². The number of rotatable bonds is 8. The lowest BCUT2D eigenvalue weighted by Crippen LogP contribution is -2.49. The molecule has 1 aromatic rings. The summed E-state index contributed by atoms with van der Waals surface area (Å²) in [5, 5.41) is 15.4. The van der Waals surface area contributed by atoms with Gasteiger partial charge in [-0.2, -0.15) is 0 Å². The number of likely N-dealkylation sites (tertiary alicyclic amines) is 1. The van der Waals surface area contributed by atoms with Crippen LogP contribution in [0.4, 0.5) is 0 Å². The standard InChI is InChI=1S/C21H30N4O4/c26-15-19-18(24-21(28)16-5-4-8-22-14-16)7-6-17(29-19)13-20(27)23-9-12-25-10-2-1-3-11-25/h4-8,14,17-19,26H,1-3,9-13,15H2,(H,23,27)(H,24,28)/t17-,18-,19+/m1/s1. The number of piperidine rings is 1. The molecular weight excluding hydrogens is 372 g/mol. The van der Waals surface area contributed by atoms with Crippen LogP contribution in [0.5, 0.6) is 0 Å². The van der Waals surface area contributed by atoms with Crippen molar-refractivity contribution in [2.45, 2.75) is 43.9 Å². The highest BCUT2D eigenvalue weighted by molar-refractivity contribution is 5.94. The maximum Gasteiger partial charge on any atom is 0.253 e. The molecule has 0 spiro atoms. The van der Waals surface area contributed by atoms with Gasteiger partial charge < -0.3 is 25.4 Å². The van der Waals surface area contributed by atoms with Gasteiger partial charge in [0.15, 0.2) is 0 Å². The Balaban J connectivity index is 1.43. The number of aliphatic hydroxyl groups excluding tert-OH is 1. The zero-order chi connectivity index (χ0) is 20.5. The average molecular weight is 402 g/mol. The lowest BCUT2D eigenvalue weighted by Gasteiger charge is -2.31. The fraction of sp³-hybridized carbons (Fsp3) is 0.571. The van der Waals surface area contributed by atoms with E-state index in [-0.39, 0.29) is 24.8 Å². The summed E-state index contributed by atoms with van der Waals surface area (Å²) < 4.78 is 5.81. The molecule has 0 bridgehead atoms. The van der Waals surface area contributed by atoms with Gasteiger partial charge in [0.25, 0.3) is 5.91 Å². The summed E-state index contributed by atoms with van der Waals surface area (Å²) in [7, 11) is 0. The van der Waals surface area contributed by atoms with E-state index in [0.717, 1.165) is 19.6 Å². The van der Waals surface area contributed by atoms with Crippen LogP contribution in [0.2, 0.25) is 0 Å². The van der Waals surface area contributed by atoms with Gasteiger partial charge in [0.2, 0.25) is 5.91 Å². The van der Waals surface area contributed by atoms with E-state index >= 15 is 0 Å². The molecule has 0 unspecified atom stereocenters. The molecule has 29 heavy (non-hydrogen) atoms. The fourth-order valence-electron chi connectivity index (χ4n) is 3.66. The summed E-state index contributed by atoms with van der Waals surface area (Å²) >= 11 is 0. The molecular formula is C21H30N4O4. The minimum Gasteiger partial charge on any atom is -0.394 e. The number of nitrogens with zero attached hydrogens (tertiary/aromatic N) is 2. The summed E-state index contributed by atoms with van der Waals surface area (Å²) in [4.78, 5) is 30.8. The molecule has 8 heteroatoms. The number of amides is 2. The number of carbonyl (C=O) groups is 2. The van der Waals surface area contributed by atoms with Crippen molar-refractivity contribution in [3.8, 4) is 0 Å². The molecule has 0 aliphatic carbocycles. The molecule has 3 heterocycles. The van der Waals surface area contributed by atoms with E-state index in [4.69, 9.17) is 4.74 Å². The second-order valence-electron chi connectivity index (χ2n) is 7.48. The summed E-state index contributed by atoms with van der Waals surface area (Å²) in [5.74, 6) is -0.366. The smallest absolute Gasteiger partial charge is 0.253 e. The molecule has 1 aromatic heterocycles. The average Bonchev–Trinajstić information content (AvgIpc) is 2.76. The lowest BCUT2D eigenvalue weighted by atomic mass is 10.0. The number of pyridine rings is 1. The Kier molecular flexibility index (Phi) is 8.15. The van der Waals surface area contributed by atoms with Gasteiger partial charge in [0.05, 0.1) is 30.7 Å². The van der Waals surface area contributed by atoms with E-state index in [2.05, 4.69) is 20.5 Å². The molecule has 8 nitrogen and oxygen atoms in total. The predicted molar refractivity (Wildman–Crippen MR) is 108 cm³/mol. The Morgan fingerprint density at radius 1 is 1.24 bits per heavy atom. The Morgan fingerprint density at radius 2 is 2.07 bits per heavy atom. The first-order chi connectivity index (χ1) is 14.2.